The Kier molecular flexibility index (Phi) is 9.02. The molecule has 3 aliphatic rings. The molecule has 6 N–H and O–H groups in total. The summed E-state index contributed by atoms with van der Waals surface area (Å²) in [7, 11) is 1.16. The molecule has 212 valence electrons. The maximum atomic E-state index is 12.7. The monoisotopic (exact) mass is 550 g/mol. The van der Waals surface area contributed by atoms with Crippen molar-refractivity contribution in [2.45, 2.75) is 43.1 Å². The SMILES string of the molecule is COC(=O)C1=CO[C@@H](O[C@H]2O[C@@H](CO)[C@@H](O)[C@H](O)[C@H]2O)[C@@H]2C(CO)=C[C@@H](OC(=O)/C=C/c3ccc(O)cc3)[C@H]12. The number of carbonyl (C=O) groups is 2. The Balaban J connectivity index is 1.56. The van der Waals surface area contributed by atoms with Crippen LogP contribution in [0.4, 0.5) is 0 Å². The summed E-state index contributed by atoms with van der Waals surface area (Å²) in [5, 5.41) is 59.5. The fraction of sp³-hybridized carbons (Fsp3) is 0.462. The number of hydrogen-bond donors (Lipinski definition) is 6. The Morgan fingerprint density at radius 1 is 1.00 bits per heavy atom. The van der Waals surface area contributed by atoms with E-state index in [2.05, 4.69) is 0 Å². The van der Waals surface area contributed by atoms with Gasteiger partial charge in [0.2, 0.25) is 6.29 Å². The highest BCUT2D eigenvalue weighted by Crippen LogP contribution is 2.45. The van der Waals surface area contributed by atoms with E-state index in [0.29, 0.717) is 11.1 Å². The lowest BCUT2D eigenvalue weighted by atomic mass is 9.82. The summed E-state index contributed by atoms with van der Waals surface area (Å²) in [6.45, 7) is -1.20. The Morgan fingerprint density at radius 3 is 2.36 bits per heavy atom. The van der Waals surface area contributed by atoms with E-state index in [1.165, 1.54) is 24.3 Å². The molecule has 4 rings (SSSR count). The zero-order valence-electron chi connectivity index (χ0n) is 20.8. The van der Waals surface area contributed by atoms with Crippen molar-refractivity contribution in [1.29, 1.82) is 0 Å². The fourth-order valence-electron chi connectivity index (χ4n) is 4.80. The normalized spacial score (nSPS) is 34.1. The van der Waals surface area contributed by atoms with Crippen LogP contribution in [-0.2, 0) is 33.3 Å². The van der Waals surface area contributed by atoms with Gasteiger partial charge in [-0.25, -0.2) is 9.59 Å². The number of phenolic OH excluding ortho intramolecular Hbond substituents is 1. The molecule has 0 radical (unpaired) electrons. The highest BCUT2D eigenvalue weighted by Gasteiger charge is 2.53. The number of aliphatic hydroxyl groups excluding tert-OH is 5. The van der Waals surface area contributed by atoms with E-state index in [4.69, 9.17) is 23.7 Å². The summed E-state index contributed by atoms with van der Waals surface area (Å²) in [4.78, 5) is 25.2. The number of carbonyl (C=O) groups excluding carboxylic acids is 2. The van der Waals surface area contributed by atoms with E-state index in [-0.39, 0.29) is 11.3 Å². The summed E-state index contributed by atoms with van der Waals surface area (Å²) in [6.07, 6.45) is -5.04. The standard InChI is InChI=1S/C26H30O13/c1-35-24(34)15-11-36-25(39-26-23(33)22(32)21(31)17(10-28)38-26)19-13(9-27)8-16(20(15)19)37-18(30)7-4-12-2-5-14(29)6-3-12/h2-8,11,16-17,19-23,25-29,31-33H,9-10H2,1H3/b7-4+/t16-,17+,19-,20+,21-,22+,23-,25+,26-/m1/s1. The number of aromatic hydroxyl groups is 1. The van der Waals surface area contributed by atoms with Gasteiger partial charge >= 0.3 is 11.9 Å². The zero-order valence-corrected chi connectivity index (χ0v) is 20.8. The minimum atomic E-state index is -1.72. The second-order valence-electron chi connectivity index (χ2n) is 9.18. The van der Waals surface area contributed by atoms with Gasteiger partial charge in [-0.1, -0.05) is 12.1 Å². The van der Waals surface area contributed by atoms with Crippen LogP contribution in [0.25, 0.3) is 6.08 Å². The predicted octanol–water partition coefficient (Wildman–Crippen LogP) is -1.29. The molecular formula is C26H30O13. The van der Waals surface area contributed by atoms with Gasteiger partial charge < -0.3 is 54.3 Å². The van der Waals surface area contributed by atoms with E-state index in [0.717, 1.165) is 19.4 Å². The smallest absolute Gasteiger partial charge is 0.337 e. The van der Waals surface area contributed by atoms with Crippen molar-refractivity contribution in [3.05, 3.63) is 59.4 Å². The third-order valence-corrected chi connectivity index (χ3v) is 6.81. The number of hydrogen-bond acceptors (Lipinski definition) is 13. The number of esters is 2. The van der Waals surface area contributed by atoms with E-state index >= 15 is 0 Å². The highest BCUT2D eigenvalue weighted by atomic mass is 16.8. The minimum absolute atomic E-state index is 0.00355. The molecule has 9 atom stereocenters. The lowest BCUT2D eigenvalue weighted by Gasteiger charge is -2.43. The molecule has 1 aliphatic carbocycles. The van der Waals surface area contributed by atoms with Crippen LogP contribution < -0.4 is 0 Å². The van der Waals surface area contributed by atoms with Crippen LogP contribution in [-0.4, -0.2) is 106 Å². The van der Waals surface area contributed by atoms with Crippen LogP contribution in [0.15, 0.2) is 53.8 Å². The quantitative estimate of drug-likeness (QED) is 0.127. The number of ether oxygens (including phenoxy) is 5. The summed E-state index contributed by atoms with van der Waals surface area (Å²) in [6, 6.07) is 6.08. The van der Waals surface area contributed by atoms with Crippen LogP contribution in [0, 0.1) is 11.8 Å². The van der Waals surface area contributed by atoms with Crippen molar-refractivity contribution in [1.82, 2.24) is 0 Å². The lowest BCUT2D eigenvalue weighted by Crippen LogP contribution is -2.60. The molecule has 1 saturated heterocycles. The molecule has 0 bridgehead atoms. The van der Waals surface area contributed by atoms with Crippen molar-refractivity contribution in [3.63, 3.8) is 0 Å². The molecule has 39 heavy (non-hydrogen) atoms. The molecule has 0 amide bonds. The van der Waals surface area contributed by atoms with Gasteiger partial charge in [-0.05, 0) is 35.4 Å². The molecule has 0 spiro atoms. The summed E-state index contributed by atoms with van der Waals surface area (Å²) < 4.78 is 27.2. The average Bonchev–Trinajstić information content (AvgIpc) is 3.31. The highest BCUT2D eigenvalue weighted by molar-refractivity contribution is 5.90. The van der Waals surface area contributed by atoms with Crippen molar-refractivity contribution in [2.24, 2.45) is 11.8 Å². The third kappa shape index (κ3) is 5.99. The number of phenols is 1. The molecule has 2 heterocycles. The number of fused-ring (bicyclic) bond motifs is 1. The summed E-state index contributed by atoms with van der Waals surface area (Å²) in [5.41, 5.74) is 0.912. The predicted molar refractivity (Wildman–Crippen MR) is 129 cm³/mol. The van der Waals surface area contributed by atoms with Crippen LogP contribution in [0.2, 0.25) is 0 Å². The van der Waals surface area contributed by atoms with Gasteiger partial charge in [0.15, 0.2) is 6.29 Å². The number of methoxy groups -OCH3 is 1. The van der Waals surface area contributed by atoms with Crippen molar-refractivity contribution in [2.75, 3.05) is 20.3 Å². The maximum Gasteiger partial charge on any atom is 0.337 e. The molecule has 1 fully saturated rings. The Hall–Kier alpha value is -3.30. The molecule has 1 aromatic carbocycles. The van der Waals surface area contributed by atoms with Crippen LogP contribution in [0.3, 0.4) is 0 Å². The fourth-order valence-corrected chi connectivity index (χ4v) is 4.80. The molecule has 0 unspecified atom stereocenters. The van der Waals surface area contributed by atoms with Crippen LogP contribution >= 0.6 is 0 Å². The molecule has 13 nitrogen and oxygen atoms in total. The van der Waals surface area contributed by atoms with E-state index in [1.54, 1.807) is 12.1 Å². The zero-order chi connectivity index (χ0) is 28.3. The molecule has 1 aromatic rings. The first-order chi connectivity index (χ1) is 18.7. The van der Waals surface area contributed by atoms with Crippen molar-refractivity contribution >= 4 is 18.0 Å². The third-order valence-electron chi connectivity index (χ3n) is 6.81. The second kappa shape index (κ2) is 12.3. The van der Waals surface area contributed by atoms with E-state index < -0.39 is 80.1 Å². The summed E-state index contributed by atoms with van der Waals surface area (Å²) in [5.74, 6) is -3.31. The topological polar surface area (TPSA) is 202 Å². The molecular weight excluding hydrogens is 520 g/mol. The first-order valence-corrected chi connectivity index (χ1v) is 12.1. The molecule has 0 saturated carbocycles. The first-order valence-electron chi connectivity index (χ1n) is 12.1. The van der Waals surface area contributed by atoms with Crippen molar-refractivity contribution < 1.29 is 63.9 Å². The van der Waals surface area contributed by atoms with Gasteiger partial charge in [0, 0.05) is 12.0 Å². The van der Waals surface area contributed by atoms with Crippen LogP contribution in [0.5, 0.6) is 5.75 Å². The van der Waals surface area contributed by atoms with Gasteiger partial charge in [0.1, 0.15) is 36.3 Å². The number of benzene rings is 1. The van der Waals surface area contributed by atoms with E-state index in [1.807, 2.05) is 0 Å². The summed E-state index contributed by atoms with van der Waals surface area (Å²) >= 11 is 0. The van der Waals surface area contributed by atoms with Gasteiger partial charge in [0.05, 0.1) is 38.1 Å². The Morgan fingerprint density at radius 2 is 1.72 bits per heavy atom. The Bertz CT molecular complexity index is 1130. The van der Waals surface area contributed by atoms with E-state index in [9.17, 15) is 40.2 Å². The molecule has 0 aromatic heterocycles. The first kappa shape index (κ1) is 28.7. The maximum absolute atomic E-state index is 12.7. The second-order valence-corrected chi connectivity index (χ2v) is 9.18. The van der Waals surface area contributed by atoms with Gasteiger partial charge in [-0.3, -0.25) is 0 Å². The lowest BCUT2D eigenvalue weighted by molar-refractivity contribution is -0.340. The van der Waals surface area contributed by atoms with Gasteiger partial charge in [-0.2, -0.15) is 0 Å². The minimum Gasteiger partial charge on any atom is -0.508 e. The van der Waals surface area contributed by atoms with Crippen molar-refractivity contribution in [3.8, 4) is 5.75 Å². The average molecular weight is 551 g/mol. The van der Waals surface area contributed by atoms with Gasteiger partial charge in [0.25, 0.3) is 0 Å². The Labute approximate surface area is 222 Å². The van der Waals surface area contributed by atoms with Crippen LogP contribution in [0.1, 0.15) is 5.56 Å². The molecule has 2 aliphatic heterocycles. The number of aliphatic hydroxyl groups is 5. The van der Waals surface area contributed by atoms with Gasteiger partial charge in [-0.15, -0.1) is 0 Å². The largest absolute Gasteiger partial charge is 0.508 e. The molecule has 13 heteroatoms. The number of rotatable bonds is 8.